The van der Waals surface area contributed by atoms with Crippen molar-refractivity contribution in [2.24, 2.45) is 12.8 Å². The number of hydrogen-bond acceptors (Lipinski definition) is 7. The second kappa shape index (κ2) is 7.51. The van der Waals surface area contributed by atoms with E-state index in [0.717, 1.165) is 11.2 Å². The molecule has 158 valence electrons. The SMILES string of the molecule is C=C(C(N)=O)c1cccc(Oc2cccc3nc(Nc4cnc5ncn(C)c5c4)nn23)c1. The number of carbonyl (C=O) groups excluding carboxylic acids is 1. The van der Waals surface area contributed by atoms with E-state index in [2.05, 4.69) is 31.9 Å². The molecular weight excluding hydrogens is 408 g/mol. The van der Waals surface area contributed by atoms with Crippen LogP contribution in [0.15, 0.2) is 67.6 Å². The maximum atomic E-state index is 11.4. The Balaban J connectivity index is 1.44. The Hall–Kier alpha value is -4.73. The monoisotopic (exact) mass is 426 g/mol. The molecule has 0 aliphatic heterocycles. The first-order valence-electron chi connectivity index (χ1n) is 9.65. The van der Waals surface area contributed by atoms with E-state index in [1.807, 2.05) is 29.8 Å². The highest BCUT2D eigenvalue weighted by molar-refractivity contribution is 6.17. The smallest absolute Gasteiger partial charge is 0.248 e. The predicted molar refractivity (Wildman–Crippen MR) is 120 cm³/mol. The van der Waals surface area contributed by atoms with E-state index in [0.29, 0.717) is 34.4 Å². The summed E-state index contributed by atoms with van der Waals surface area (Å²) < 4.78 is 9.47. The number of fused-ring (bicyclic) bond motifs is 2. The zero-order chi connectivity index (χ0) is 22.2. The molecule has 3 N–H and O–H groups in total. The molecule has 0 radical (unpaired) electrons. The summed E-state index contributed by atoms with van der Waals surface area (Å²) in [5, 5.41) is 7.67. The highest BCUT2D eigenvalue weighted by Crippen LogP contribution is 2.26. The summed E-state index contributed by atoms with van der Waals surface area (Å²) in [6.07, 6.45) is 3.39. The molecule has 0 aliphatic rings. The molecule has 0 spiro atoms. The van der Waals surface area contributed by atoms with Crippen molar-refractivity contribution in [1.82, 2.24) is 29.1 Å². The van der Waals surface area contributed by atoms with E-state index in [4.69, 9.17) is 10.5 Å². The van der Waals surface area contributed by atoms with E-state index in [9.17, 15) is 4.79 Å². The Labute approximate surface area is 182 Å². The van der Waals surface area contributed by atoms with Crippen molar-refractivity contribution < 1.29 is 9.53 Å². The first kappa shape index (κ1) is 19.2. The summed E-state index contributed by atoms with van der Waals surface area (Å²) >= 11 is 0. The Morgan fingerprint density at radius 2 is 2.00 bits per heavy atom. The Morgan fingerprint density at radius 3 is 2.84 bits per heavy atom. The fourth-order valence-electron chi connectivity index (χ4n) is 3.23. The van der Waals surface area contributed by atoms with Crippen molar-refractivity contribution in [1.29, 1.82) is 0 Å². The molecule has 1 amide bonds. The third-order valence-corrected chi connectivity index (χ3v) is 4.86. The van der Waals surface area contributed by atoms with Crippen molar-refractivity contribution >= 4 is 39.9 Å². The fraction of sp³-hybridized carbons (Fsp3) is 0.0455. The number of rotatable bonds is 6. The summed E-state index contributed by atoms with van der Waals surface area (Å²) in [5.74, 6) is 0.758. The highest BCUT2D eigenvalue weighted by Gasteiger charge is 2.12. The lowest BCUT2D eigenvalue weighted by Crippen LogP contribution is -2.11. The summed E-state index contributed by atoms with van der Waals surface area (Å²) in [6, 6.07) is 14.3. The molecule has 32 heavy (non-hydrogen) atoms. The second-order valence-corrected chi connectivity index (χ2v) is 7.09. The van der Waals surface area contributed by atoms with Crippen LogP contribution >= 0.6 is 0 Å². The predicted octanol–water partition coefficient (Wildman–Crippen LogP) is 3.05. The number of carbonyl (C=O) groups is 1. The zero-order valence-corrected chi connectivity index (χ0v) is 17.1. The number of amides is 1. The van der Waals surface area contributed by atoms with Crippen LogP contribution in [0.2, 0.25) is 0 Å². The van der Waals surface area contributed by atoms with Gasteiger partial charge in [-0.05, 0) is 29.8 Å². The van der Waals surface area contributed by atoms with Crippen LogP contribution in [-0.4, -0.2) is 35.0 Å². The van der Waals surface area contributed by atoms with Crippen LogP contribution in [0.1, 0.15) is 5.56 Å². The maximum Gasteiger partial charge on any atom is 0.248 e. The molecule has 10 nitrogen and oxygen atoms in total. The van der Waals surface area contributed by atoms with E-state index < -0.39 is 5.91 Å². The quantitative estimate of drug-likeness (QED) is 0.400. The van der Waals surface area contributed by atoms with Gasteiger partial charge in [-0.2, -0.15) is 9.50 Å². The van der Waals surface area contributed by atoms with Crippen LogP contribution in [0.25, 0.3) is 22.4 Å². The topological polar surface area (TPSA) is 125 Å². The van der Waals surface area contributed by atoms with Gasteiger partial charge in [-0.15, -0.1) is 5.10 Å². The third kappa shape index (κ3) is 3.49. The fourth-order valence-corrected chi connectivity index (χ4v) is 3.23. The lowest BCUT2D eigenvalue weighted by Gasteiger charge is -2.08. The van der Waals surface area contributed by atoms with Crippen molar-refractivity contribution in [2.45, 2.75) is 0 Å². The number of benzene rings is 1. The number of primary amides is 1. The molecule has 0 bridgehead atoms. The van der Waals surface area contributed by atoms with Crippen LogP contribution in [0.4, 0.5) is 11.6 Å². The van der Waals surface area contributed by atoms with Gasteiger partial charge in [0.25, 0.3) is 0 Å². The van der Waals surface area contributed by atoms with E-state index in [-0.39, 0.29) is 5.57 Å². The van der Waals surface area contributed by atoms with Gasteiger partial charge in [-0.25, -0.2) is 9.97 Å². The maximum absolute atomic E-state index is 11.4. The molecular formula is C22H18N8O2. The minimum absolute atomic E-state index is 0.208. The standard InChI is InChI=1S/C22H18N8O2/c1-13(20(23)31)14-5-3-6-16(9-14)32-19-8-4-7-18-27-22(28-30(18)19)26-15-10-17-21(24-11-15)25-12-29(17)2/h3-12H,1H2,2H3,(H2,23,31)(H,26,28). The number of pyridine rings is 2. The van der Waals surface area contributed by atoms with Gasteiger partial charge in [0.1, 0.15) is 5.75 Å². The van der Waals surface area contributed by atoms with Gasteiger partial charge in [-0.1, -0.05) is 24.8 Å². The molecule has 0 aliphatic carbocycles. The lowest BCUT2D eigenvalue weighted by molar-refractivity contribution is -0.112. The van der Waals surface area contributed by atoms with Crippen LogP contribution in [0.3, 0.4) is 0 Å². The molecule has 10 heteroatoms. The molecule has 1 aromatic carbocycles. The minimum atomic E-state index is -0.588. The molecule has 0 fully saturated rings. The number of ether oxygens (including phenoxy) is 1. The van der Waals surface area contributed by atoms with Gasteiger partial charge < -0.3 is 20.4 Å². The number of aromatic nitrogens is 6. The van der Waals surface area contributed by atoms with Gasteiger partial charge >= 0.3 is 0 Å². The minimum Gasteiger partial charge on any atom is -0.439 e. The number of nitrogens with one attached hydrogen (secondary N) is 1. The molecule has 0 atom stereocenters. The van der Waals surface area contributed by atoms with Gasteiger partial charge in [0.15, 0.2) is 11.3 Å². The average Bonchev–Trinajstić information content (AvgIpc) is 3.37. The van der Waals surface area contributed by atoms with Crippen molar-refractivity contribution in [3.8, 4) is 11.6 Å². The third-order valence-electron chi connectivity index (χ3n) is 4.86. The summed E-state index contributed by atoms with van der Waals surface area (Å²) in [4.78, 5) is 24.5. The summed E-state index contributed by atoms with van der Waals surface area (Å²) in [5.41, 5.74) is 9.00. The first-order valence-corrected chi connectivity index (χ1v) is 9.65. The van der Waals surface area contributed by atoms with Crippen molar-refractivity contribution in [3.05, 3.63) is 73.2 Å². The molecule has 4 heterocycles. The number of nitrogens with two attached hydrogens (primary N) is 1. The van der Waals surface area contributed by atoms with Crippen LogP contribution in [-0.2, 0) is 11.8 Å². The van der Waals surface area contributed by atoms with E-state index in [1.165, 1.54) is 0 Å². The number of nitrogens with zero attached hydrogens (tertiary/aromatic N) is 6. The Bertz CT molecular complexity index is 1500. The number of imidazole rings is 1. The molecule has 5 aromatic rings. The van der Waals surface area contributed by atoms with Crippen molar-refractivity contribution in [2.75, 3.05) is 5.32 Å². The van der Waals surface area contributed by atoms with Crippen molar-refractivity contribution in [3.63, 3.8) is 0 Å². The number of anilines is 2. The molecule has 0 unspecified atom stereocenters. The largest absolute Gasteiger partial charge is 0.439 e. The van der Waals surface area contributed by atoms with Crippen LogP contribution in [0.5, 0.6) is 11.6 Å². The van der Waals surface area contributed by atoms with Crippen LogP contribution < -0.4 is 15.8 Å². The van der Waals surface area contributed by atoms with Gasteiger partial charge in [-0.3, -0.25) is 4.79 Å². The van der Waals surface area contributed by atoms with Gasteiger partial charge in [0.05, 0.1) is 23.7 Å². The van der Waals surface area contributed by atoms with Gasteiger partial charge in [0.2, 0.25) is 17.7 Å². The first-order chi connectivity index (χ1) is 15.5. The number of hydrogen-bond donors (Lipinski definition) is 2. The number of aryl methyl sites for hydroxylation is 1. The lowest BCUT2D eigenvalue weighted by atomic mass is 10.1. The van der Waals surface area contributed by atoms with Gasteiger partial charge in [0, 0.05) is 18.7 Å². The van der Waals surface area contributed by atoms with E-state index >= 15 is 0 Å². The molecule has 0 saturated carbocycles. The summed E-state index contributed by atoms with van der Waals surface area (Å²) in [7, 11) is 1.90. The average molecular weight is 426 g/mol. The Morgan fingerprint density at radius 1 is 1.16 bits per heavy atom. The highest BCUT2D eigenvalue weighted by atomic mass is 16.5. The second-order valence-electron chi connectivity index (χ2n) is 7.09. The van der Waals surface area contributed by atoms with E-state index in [1.54, 1.807) is 47.4 Å². The molecule has 0 saturated heterocycles. The normalized spacial score (nSPS) is 11.0. The zero-order valence-electron chi connectivity index (χ0n) is 17.1. The molecule has 4 aromatic heterocycles. The van der Waals surface area contributed by atoms with Crippen LogP contribution in [0, 0.1) is 0 Å². The Kier molecular flexibility index (Phi) is 4.52. The summed E-state index contributed by atoms with van der Waals surface area (Å²) in [6.45, 7) is 3.71. The molecule has 5 rings (SSSR count).